The van der Waals surface area contributed by atoms with E-state index in [-0.39, 0.29) is 0 Å². The van der Waals surface area contributed by atoms with E-state index in [4.69, 9.17) is 0 Å². The average molecular weight is 243 g/mol. The monoisotopic (exact) mass is 243 g/mol. The highest BCUT2D eigenvalue weighted by Crippen LogP contribution is 2.22. The van der Waals surface area contributed by atoms with Crippen molar-refractivity contribution < 1.29 is 0 Å². The molecule has 1 aliphatic carbocycles. The Morgan fingerprint density at radius 3 is 2.50 bits per heavy atom. The van der Waals surface area contributed by atoms with E-state index >= 15 is 0 Å². The maximum atomic E-state index is 4.52. The van der Waals surface area contributed by atoms with Gasteiger partial charge >= 0.3 is 0 Å². The Bertz CT molecular complexity index is 416. The van der Waals surface area contributed by atoms with Crippen LogP contribution in [0.4, 0.5) is 5.69 Å². The Labute approximate surface area is 109 Å². The van der Waals surface area contributed by atoms with Gasteiger partial charge in [0.25, 0.3) is 0 Å². The normalized spacial score (nSPS) is 20.3. The predicted molar refractivity (Wildman–Crippen MR) is 76.3 cm³/mol. The van der Waals surface area contributed by atoms with Gasteiger partial charge in [-0.3, -0.25) is 4.99 Å². The number of hydrogen-bond acceptors (Lipinski definition) is 3. The van der Waals surface area contributed by atoms with E-state index in [1.807, 2.05) is 0 Å². The van der Waals surface area contributed by atoms with Crippen LogP contribution in [0.5, 0.6) is 0 Å². The molecule has 1 aromatic carbocycles. The Morgan fingerprint density at radius 1 is 1.06 bits per heavy atom. The van der Waals surface area contributed by atoms with Crippen LogP contribution in [0.15, 0.2) is 29.3 Å². The zero-order chi connectivity index (χ0) is 12.2. The highest BCUT2D eigenvalue weighted by atomic mass is 15.0. The molecule has 0 saturated heterocycles. The number of anilines is 1. The van der Waals surface area contributed by atoms with Gasteiger partial charge in [-0.2, -0.15) is 0 Å². The first-order chi connectivity index (χ1) is 8.92. The van der Waals surface area contributed by atoms with Gasteiger partial charge in [0, 0.05) is 30.4 Å². The number of amidine groups is 1. The lowest BCUT2D eigenvalue weighted by molar-refractivity contribution is 0.742. The van der Waals surface area contributed by atoms with Gasteiger partial charge in [0.15, 0.2) is 0 Å². The Morgan fingerprint density at radius 2 is 1.83 bits per heavy atom. The van der Waals surface area contributed by atoms with Crippen LogP contribution in [-0.4, -0.2) is 25.0 Å². The first-order valence-corrected chi connectivity index (χ1v) is 7.07. The first kappa shape index (κ1) is 11.6. The van der Waals surface area contributed by atoms with Crippen molar-refractivity contribution in [2.45, 2.75) is 38.1 Å². The summed E-state index contributed by atoms with van der Waals surface area (Å²) in [5.41, 5.74) is 2.44. The summed E-state index contributed by atoms with van der Waals surface area (Å²) >= 11 is 0. The smallest absolute Gasteiger partial charge is 0.128 e. The largest absolute Gasteiger partial charge is 0.382 e. The summed E-state index contributed by atoms with van der Waals surface area (Å²) in [6, 6.07) is 9.35. The van der Waals surface area contributed by atoms with Crippen molar-refractivity contribution in [3.05, 3.63) is 29.8 Å². The molecule has 0 aromatic heterocycles. The summed E-state index contributed by atoms with van der Waals surface area (Å²) in [4.78, 5) is 4.52. The molecule has 3 heteroatoms. The zero-order valence-electron chi connectivity index (χ0n) is 10.8. The minimum absolute atomic E-state index is 0.681. The van der Waals surface area contributed by atoms with Gasteiger partial charge in [0.1, 0.15) is 5.84 Å². The summed E-state index contributed by atoms with van der Waals surface area (Å²) in [7, 11) is 0. The SMILES string of the molecule is c1cc(C2=NCCCN2)ccc1NC1CCCC1. The van der Waals surface area contributed by atoms with Gasteiger partial charge in [-0.15, -0.1) is 0 Å². The fourth-order valence-electron chi connectivity index (χ4n) is 2.76. The van der Waals surface area contributed by atoms with Gasteiger partial charge in [-0.05, 0) is 43.5 Å². The molecule has 18 heavy (non-hydrogen) atoms. The van der Waals surface area contributed by atoms with Gasteiger partial charge < -0.3 is 10.6 Å². The number of rotatable bonds is 3. The highest BCUT2D eigenvalue weighted by molar-refractivity contribution is 5.99. The molecule has 1 aromatic rings. The molecule has 0 unspecified atom stereocenters. The molecule has 2 N–H and O–H groups in total. The molecule has 0 amide bonds. The minimum Gasteiger partial charge on any atom is -0.382 e. The third-order valence-corrected chi connectivity index (χ3v) is 3.78. The van der Waals surface area contributed by atoms with Crippen LogP contribution >= 0.6 is 0 Å². The molecule has 1 fully saturated rings. The fraction of sp³-hybridized carbons (Fsp3) is 0.533. The second-order valence-corrected chi connectivity index (χ2v) is 5.21. The van der Waals surface area contributed by atoms with E-state index in [0.29, 0.717) is 6.04 Å². The van der Waals surface area contributed by atoms with E-state index in [1.54, 1.807) is 0 Å². The fourth-order valence-corrected chi connectivity index (χ4v) is 2.76. The van der Waals surface area contributed by atoms with E-state index in [2.05, 4.69) is 39.9 Å². The summed E-state index contributed by atoms with van der Waals surface area (Å²) in [6.07, 6.45) is 6.52. The van der Waals surface area contributed by atoms with Crippen molar-refractivity contribution in [2.24, 2.45) is 4.99 Å². The third-order valence-electron chi connectivity index (χ3n) is 3.78. The first-order valence-electron chi connectivity index (χ1n) is 7.07. The molecular weight excluding hydrogens is 222 g/mol. The standard InChI is InChI=1S/C15H21N3/c1-2-5-13(4-1)18-14-8-6-12(7-9-14)15-16-10-3-11-17-15/h6-9,13,18H,1-5,10-11H2,(H,16,17). The van der Waals surface area contributed by atoms with E-state index in [0.717, 1.165) is 25.3 Å². The molecule has 0 atom stereocenters. The second kappa shape index (κ2) is 5.42. The third kappa shape index (κ3) is 2.66. The maximum absolute atomic E-state index is 4.52. The van der Waals surface area contributed by atoms with Gasteiger partial charge in [-0.25, -0.2) is 0 Å². The lowest BCUT2D eigenvalue weighted by atomic mass is 10.1. The van der Waals surface area contributed by atoms with E-state index in [1.165, 1.54) is 36.9 Å². The topological polar surface area (TPSA) is 36.4 Å². The molecule has 2 aliphatic rings. The van der Waals surface area contributed by atoms with Crippen LogP contribution in [0.1, 0.15) is 37.7 Å². The molecule has 3 nitrogen and oxygen atoms in total. The molecule has 0 radical (unpaired) electrons. The summed E-state index contributed by atoms with van der Waals surface area (Å²) < 4.78 is 0. The van der Waals surface area contributed by atoms with Crippen molar-refractivity contribution in [1.82, 2.24) is 5.32 Å². The molecule has 0 spiro atoms. The van der Waals surface area contributed by atoms with Crippen molar-refractivity contribution in [2.75, 3.05) is 18.4 Å². The maximum Gasteiger partial charge on any atom is 0.128 e. The highest BCUT2D eigenvalue weighted by Gasteiger charge is 2.14. The molecule has 1 saturated carbocycles. The second-order valence-electron chi connectivity index (χ2n) is 5.21. The van der Waals surface area contributed by atoms with Crippen molar-refractivity contribution >= 4 is 11.5 Å². The molecular formula is C15H21N3. The van der Waals surface area contributed by atoms with Crippen LogP contribution in [0.2, 0.25) is 0 Å². The van der Waals surface area contributed by atoms with E-state index < -0.39 is 0 Å². The molecule has 96 valence electrons. The van der Waals surface area contributed by atoms with Crippen LogP contribution in [0.25, 0.3) is 0 Å². The average Bonchev–Trinajstić information content (AvgIpc) is 2.94. The van der Waals surface area contributed by atoms with Crippen LogP contribution in [0, 0.1) is 0 Å². The van der Waals surface area contributed by atoms with Crippen molar-refractivity contribution in [3.8, 4) is 0 Å². The Hall–Kier alpha value is -1.51. The number of nitrogens with one attached hydrogen (secondary N) is 2. The number of benzene rings is 1. The number of hydrogen-bond donors (Lipinski definition) is 2. The molecule has 0 bridgehead atoms. The van der Waals surface area contributed by atoms with Gasteiger partial charge in [0.05, 0.1) is 0 Å². The summed E-state index contributed by atoms with van der Waals surface area (Å²) in [5, 5.41) is 6.97. The van der Waals surface area contributed by atoms with Gasteiger partial charge in [-0.1, -0.05) is 12.8 Å². The Kier molecular flexibility index (Phi) is 3.49. The van der Waals surface area contributed by atoms with Crippen molar-refractivity contribution in [1.29, 1.82) is 0 Å². The minimum atomic E-state index is 0.681. The molecule has 3 rings (SSSR count). The summed E-state index contributed by atoms with van der Waals surface area (Å²) in [6.45, 7) is 1.99. The Balaban J connectivity index is 1.66. The quantitative estimate of drug-likeness (QED) is 0.856. The zero-order valence-corrected chi connectivity index (χ0v) is 10.8. The van der Waals surface area contributed by atoms with Crippen LogP contribution in [-0.2, 0) is 0 Å². The van der Waals surface area contributed by atoms with Gasteiger partial charge in [0.2, 0.25) is 0 Å². The number of nitrogens with zero attached hydrogens (tertiary/aromatic N) is 1. The lowest BCUT2D eigenvalue weighted by Crippen LogP contribution is -2.30. The molecule has 1 heterocycles. The van der Waals surface area contributed by atoms with Crippen LogP contribution < -0.4 is 10.6 Å². The summed E-state index contributed by atoms with van der Waals surface area (Å²) in [5.74, 6) is 1.05. The lowest BCUT2D eigenvalue weighted by Gasteiger charge is -2.16. The van der Waals surface area contributed by atoms with Crippen molar-refractivity contribution in [3.63, 3.8) is 0 Å². The van der Waals surface area contributed by atoms with E-state index in [9.17, 15) is 0 Å². The predicted octanol–water partition coefficient (Wildman–Crippen LogP) is 2.78. The molecule has 1 aliphatic heterocycles. The number of aliphatic imine (C=N–C) groups is 1. The van der Waals surface area contributed by atoms with Crippen LogP contribution in [0.3, 0.4) is 0 Å².